The Morgan fingerprint density at radius 2 is 0.543 bits per heavy atom. The van der Waals surface area contributed by atoms with Crippen molar-refractivity contribution in [3.05, 3.63) is 48.6 Å². The number of phosphoric ester groups is 2. The lowest BCUT2D eigenvalue weighted by Crippen LogP contribution is -2.30. The van der Waals surface area contributed by atoms with E-state index >= 15 is 0 Å². The summed E-state index contributed by atoms with van der Waals surface area (Å²) in [4.78, 5) is 72.7. The molecule has 0 heterocycles. The third-order valence-electron chi connectivity index (χ3n) is 16.2. The lowest BCUT2D eigenvalue weighted by Gasteiger charge is -2.21. The van der Waals surface area contributed by atoms with Gasteiger partial charge in [0.25, 0.3) is 0 Å². The Morgan fingerprint density at radius 3 is 0.851 bits per heavy atom. The standard InChI is InChI=1S/C75H138O17P2/c1-5-9-13-17-21-25-29-33-34-38-40-44-48-52-56-60-73(78)86-66-71(92-75(80)62-58-54-50-46-42-37-32-28-24-20-16-12-8-4)68-90-94(83,84)88-64-69(76)63-87-93(81,82)89-67-70(91-74(79)61-57-53-49-45-41-36-31-27-23-19-15-11-7-3)65-85-72(77)59-55-51-47-43-39-35-30-26-22-18-14-10-6-2/h14,18,26,28,30,32-34,69-71,76H,5-13,15-17,19-25,27,29,31,35-68H2,1-4H3,(H,81,82)(H,83,84)/b18-14-,30-26-,32-28-,34-33-. The average molecular weight is 1370 g/mol. The van der Waals surface area contributed by atoms with E-state index in [9.17, 15) is 43.2 Å². The third kappa shape index (κ3) is 67.6. The smallest absolute Gasteiger partial charge is 0.462 e. The van der Waals surface area contributed by atoms with Crippen molar-refractivity contribution in [3.63, 3.8) is 0 Å². The highest BCUT2D eigenvalue weighted by atomic mass is 31.2. The largest absolute Gasteiger partial charge is 0.472 e. The van der Waals surface area contributed by atoms with Crippen LogP contribution in [0.2, 0.25) is 0 Å². The zero-order valence-electron chi connectivity index (χ0n) is 59.9. The summed E-state index contributed by atoms with van der Waals surface area (Å²) in [6.07, 6.45) is 63.9. The van der Waals surface area contributed by atoms with Gasteiger partial charge in [0.1, 0.15) is 19.3 Å². The fourth-order valence-corrected chi connectivity index (χ4v) is 12.0. The normalized spacial score (nSPS) is 14.2. The summed E-state index contributed by atoms with van der Waals surface area (Å²) >= 11 is 0. The van der Waals surface area contributed by atoms with Gasteiger partial charge < -0.3 is 33.8 Å². The fraction of sp³-hybridized carbons (Fsp3) is 0.840. The van der Waals surface area contributed by atoms with Gasteiger partial charge in [0.15, 0.2) is 12.2 Å². The topological polar surface area (TPSA) is 237 Å². The van der Waals surface area contributed by atoms with Gasteiger partial charge in [0.05, 0.1) is 26.4 Å². The molecule has 0 spiro atoms. The van der Waals surface area contributed by atoms with Crippen molar-refractivity contribution in [1.29, 1.82) is 0 Å². The minimum atomic E-state index is -4.97. The second-order valence-electron chi connectivity index (χ2n) is 25.6. The van der Waals surface area contributed by atoms with Crippen LogP contribution in [0.25, 0.3) is 0 Å². The number of aliphatic hydroxyl groups excluding tert-OH is 1. The second-order valence-corrected chi connectivity index (χ2v) is 28.5. The SMILES string of the molecule is CCC/C=C\C/C=C\CCCCCCCC(=O)OCC(COP(=O)(O)OCC(O)COP(=O)(O)OCC(COC(=O)CCCCCCC/C=C\CCCCCCCC)OC(=O)CCCCCCC/C=C\CCCCCC)OC(=O)CCCCCCCCCCCCCCC. The number of hydrogen-bond donors (Lipinski definition) is 3. The van der Waals surface area contributed by atoms with Crippen molar-refractivity contribution in [1.82, 2.24) is 0 Å². The van der Waals surface area contributed by atoms with Gasteiger partial charge in [-0.15, -0.1) is 0 Å². The van der Waals surface area contributed by atoms with Crippen molar-refractivity contribution < 1.29 is 80.2 Å². The quantitative estimate of drug-likeness (QED) is 0.0169. The Bertz CT molecular complexity index is 1980. The molecule has 94 heavy (non-hydrogen) atoms. The van der Waals surface area contributed by atoms with Crippen LogP contribution in [0.1, 0.15) is 349 Å². The van der Waals surface area contributed by atoms with Gasteiger partial charge in [0, 0.05) is 25.7 Å². The number of carbonyl (C=O) groups is 4. The van der Waals surface area contributed by atoms with Crippen LogP contribution in [-0.2, 0) is 65.4 Å². The van der Waals surface area contributed by atoms with E-state index in [0.717, 1.165) is 154 Å². The second kappa shape index (κ2) is 68.5. The van der Waals surface area contributed by atoms with Gasteiger partial charge in [-0.25, -0.2) is 9.13 Å². The zero-order chi connectivity index (χ0) is 69.0. The van der Waals surface area contributed by atoms with E-state index in [0.29, 0.717) is 25.7 Å². The molecule has 0 saturated carbocycles. The van der Waals surface area contributed by atoms with E-state index in [1.165, 1.54) is 116 Å². The highest BCUT2D eigenvalue weighted by Crippen LogP contribution is 2.45. The minimum absolute atomic E-state index is 0.0882. The number of ether oxygens (including phenoxy) is 4. The molecule has 0 radical (unpaired) electrons. The fourth-order valence-electron chi connectivity index (χ4n) is 10.4. The first-order chi connectivity index (χ1) is 45.7. The predicted octanol–water partition coefficient (Wildman–Crippen LogP) is 21.3. The monoisotopic (exact) mass is 1370 g/mol. The van der Waals surface area contributed by atoms with E-state index in [1.807, 2.05) is 0 Å². The van der Waals surface area contributed by atoms with Gasteiger partial charge in [-0.2, -0.15) is 0 Å². The van der Waals surface area contributed by atoms with E-state index in [2.05, 4.69) is 76.3 Å². The lowest BCUT2D eigenvalue weighted by atomic mass is 10.0. The number of unbranched alkanes of at least 4 members (excludes halogenated alkanes) is 38. The van der Waals surface area contributed by atoms with Crippen LogP contribution in [0.4, 0.5) is 0 Å². The molecular weight excluding hydrogens is 1230 g/mol. The minimum Gasteiger partial charge on any atom is -0.462 e. The number of phosphoric acid groups is 2. The number of carbonyl (C=O) groups excluding carboxylic acids is 4. The molecule has 19 heteroatoms. The van der Waals surface area contributed by atoms with Gasteiger partial charge >= 0.3 is 39.5 Å². The summed E-state index contributed by atoms with van der Waals surface area (Å²) < 4.78 is 68.4. The molecule has 550 valence electrons. The maximum atomic E-state index is 13.1. The number of hydrogen-bond acceptors (Lipinski definition) is 15. The van der Waals surface area contributed by atoms with Crippen LogP contribution in [0.5, 0.6) is 0 Å². The van der Waals surface area contributed by atoms with Gasteiger partial charge in [-0.05, 0) is 103 Å². The third-order valence-corrected chi connectivity index (χ3v) is 18.1. The first kappa shape index (κ1) is 91.0. The zero-order valence-corrected chi connectivity index (χ0v) is 61.7. The summed E-state index contributed by atoms with van der Waals surface area (Å²) in [6, 6.07) is 0. The summed E-state index contributed by atoms with van der Waals surface area (Å²) in [5.41, 5.74) is 0. The molecule has 0 fully saturated rings. The number of rotatable bonds is 72. The molecular formula is C75H138O17P2. The molecule has 0 aliphatic heterocycles. The van der Waals surface area contributed by atoms with Crippen molar-refractivity contribution in [2.45, 2.75) is 367 Å². The van der Waals surface area contributed by atoms with Gasteiger partial charge in [-0.1, -0.05) is 269 Å². The first-order valence-corrected chi connectivity index (χ1v) is 40.9. The van der Waals surface area contributed by atoms with Gasteiger partial charge in [-0.3, -0.25) is 37.3 Å². The molecule has 0 aliphatic rings. The van der Waals surface area contributed by atoms with Crippen LogP contribution >= 0.6 is 15.6 Å². The molecule has 5 unspecified atom stereocenters. The predicted molar refractivity (Wildman–Crippen MR) is 381 cm³/mol. The van der Waals surface area contributed by atoms with Crippen molar-refractivity contribution >= 4 is 39.5 Å². The van der Waals surface area contributed by atoms with E-state index < -0.39 is 97.5 Å². The van der Waals surface area contributed by atoms with Crippen molar-refractivity contribution in [2.24, 2.45) is 0 Å². The Kier molecular flexibility index (Phi) is 66.4. The molecule has 17 nitrogen and oxygen atoms in total. The van der Waals surface area contributed by atoms with Crippen LogP contribution in [0.15, 0.2) is 48.6 Å². The molecule has 0 aromatic heterocycles. The summed E-state index contributed by atoms with van der Waals surface area (Å²) in [6.45, 7) is 4.81. The summed E-state index contributed by atoms with van der Waals surface area (Å²) in [5, 5.41) is 10.6. The maximum Gasteiger partial charge on any atom is 0.472 e. The van der Waals surface area contributed by atoms with Crippen LogP contribution < -0.4 is 0 Å². The number of esters is 4. The van der Waals surface area contributed by atoms with Crippen LogP contribution in [0.3, 0.4) is 0 Å². The Hall–Kier alpha value is -2.98. The highest BCUT2D eigenvalue weighted by Gasteiger charge is 2.30. The van der Waals surface area contributed by atoms with E-state index in [4.69, 9.17) is 37.0 Å². The maximum absolute atomic E-state index is 13.1. The van der Waals surface area contributed by atoms with Crippen molar-refractivity contribution in [3.8, 4) is 0 Å². The molecule has 0 aromatic carbocycles. The highest BCUT2D eigenvalue weighted by molar-refractivity contribution is 7.47. The lowest BCUT2D eigenvalue weighted by molar-refractivity contribution is -0.161. The Morgan fingerprint density at radius 1 is 0.298 bits per heavy atom. The number of aliphatic hydroxyl groups is 1. The summed E-state index contributed by atoms with van der Waals surface area (Å²) in [5.74, 6) is -2.18. The Labute approximate surface area is 572 Å². The molecule has 0 rings (SSSR count). The average Bonchev–Trinajstić information content (AvgIpc) is 2.45. The van der Waals surface area contributed by atoms with Gasteiger partial charge in [0.2, 0.25) is 0 Å². The van der Waals surface area contributed by atoms with Crippen molar-refractivity contribution in [2.75, 3.05) is 39.6 Å². The first-order valence-electron chi connectivity index (χ1n) is 37.9. The molecule has 5 atom stereocenters. The van der Waals surface area contributed by atoms with E-state index in [-0.39, 0.29) is 25.7 Å². The molecule has 0 saturated heterocycles. The number of allylic oxidation sites excluding steroid dienone is 8. The Balaban J connectivity index is 5.31. The van der Waals surface area contributed by atoms with Crippen LogP contribution in [-0.4, -0.2) is 96.7 Å². The molecule has 0 bridgehead atoms. The molecule has 0 amide bonds. The summed E-state index contributed by atoms with van der Waals surface area (Å²) in [7, 11) is -9.93. The van der Waals surface area contributed by atoms with E-state index in [1.54, 1.807) is 0 Å². The molecule has 3 N–H and O–H groups in total. The molecule has 0 aromatic rings. The van der Waals surface area contributed by atoms with Crippen LogP contribution in [0, 0.1) is 0 Å². The molecule has 0 aliphatic carbocycles.